The van der Waals surface area contributed by atoms with Crippen molar-refractivity contribution in [2.45, 2.75) is 0 Å². The number of halogens is 1. The summed E-state index contributed by atoms with van der Waals surface area (Å²) in [5, 5.41) is 0. The van der Waals surface area contributed by atoms with Crippen molar-refractivity contribution >= 4 is 17.9 Å². The van der Waals surface area contributed by atoms with E-state index in [-0.39, 0.29) is 11.6 Å². The van der Waals surface area contributed by atoms with Crippen molar-refractivity contribution in [3.63, 3.8) is 0 Å². The molecule has 2 aromatic carbocycles. The van der Waals surface area contributed by atoms with Crippen molar-refractivity contribution in [1.82, 2.24) is 0 Å². The van der Waals surface area contributed by atoms with Gasteiger partial charge in [0.15, 0.2) is 5.70 Å². The van der Waals surface area contributed by atoms with Crippen molar-refractivity contribution in [2.75, 3.05) is 14.2 Å². The second kappa shape index (κ2) is 6.54. The summed E-state index contributed by atoms with van der Waals surface area (Å²) in [6.45, 7) is 0. The first-order valence-corrected chi connectivity index (χ1v) is 7.11. The van der Waals surface area contributed by atoms with Crippen LogP contribution in [0.15, 0.2) is 53.2 Å². The van der Waals surface area contributed by atoms with E-state index in [0.29, 0.717) is 22.6 Å². The molecule has 0 aromatic heterocycles. The Hall–Kier alpha value is -3.15. The van der Waals surface area contributed by atoms with Crippen LogP contribution >= 0.6 is 0 Å². The highest BCUT2D eigenvalue weighted by molar-refractivity contribution is 6.12. The minimum absolute atomic E-state index is 0.0678. The first-order valence-electron chi connectivity index (χ1n) is 7.11. The zero-order chi connectivity index (χ0) is 17.1. The van der Waals surface area contributed by atoms with Crippen LogP contribution in [-0.2, 0) is 9.53 Å². The summed E-state index contributed by atoms with van der Waals surface area (Å²) in [5.74, 6) is 0.196. The van der Waals surface area contributed by atoms with Gasteiger partial charge in [-0.25, -0.2) is 14.2 Å². The first kappa shape index (κ1) is 15.7. The van der Waals surface area contributed by atoms with E-state index in [0.717, 1.165) is 0 Å². The number of carbonyl (C=O) groups is 1. The van der Waals surface area contributed by atoms with Crippen LogP contribution in [-0.4, -0.2) is 26.1 Å². The van der Waals surface area contributed by atoms with Gasteiger partial charge in [0.05, 0.1) is 14.2 Å². The monoisotopic (exact) mass is 327 g/mol. The standard InChI is InChI=1S/C18H14FNO4/c1-22-14-7-6-11(16(10-14)23-2)9-15-18(21)24-17(20-15)12-4-3-5-13(19)8-12/h3-10H,1-2H3. The molecular formula is C18H14FNO4. The topological polar surface area (TPSA) is 57.1 Å². The summed E-state index contributed by atoms with van der Waals surface area (Å²) in [7, 11) is 3.07. The average molecular weight is 327 g/mol. The average Bonchev–Trinajstić information content (AvgIpc) is 2.96. The Balaban J connectivity index is 1.97. The minimum Gasteiger partial charge on any atom is -0.497 e. The van der Waals surface area contributed by atoms with Crippen molar-refractivity contribution in [2.24, 2.45) is 4.99 Å². The van der Waals surface area contributed by atoms with Crippen LogP contribution in [0.25, 0.3) is 6.08 Å². The largest absolute Gasteiger partial charge is 0.497 e. The molecule has 5 nitrogen and oxygen atoms in total. The Morgan fingerprint density at radius 3 is 2.67 bits per heavy atom. The highest BCUT2D eigenvalue weighted by Crippen LogP contribution is 2.28. The molecule has 2 aromatic rings. The maximum absolute atomic E-state index is 13.3. The predicted octanol–water partition coefficient (Wildman–Crippen LogP) is 3.19. The number of hydrogen-bond donors (Lipinski definition) is 0. The Bertz CT molecular complexity index is 858. The van der Waals surface area contributed by atoms with E-state index in [1.54, 1.807) is 37.5 Å². The lowest BCUT2D eigenvalue weighted by molar-refractivity contribution is -0.129. The van der Waals surface area contributed by atoms with Crippen LogP contribution < -0.4 is 9.47 Å². The van der Waals surface area contributed by atoms with Gasteiger partial charge in [0.2, 0.25) is 5.90 Å². The highest BCUT2D eigenvalue weighted by atomic mass is 19.1. The zero-order valence-electron chi connectivity index (χ0n) is 13.1. The van der Waals surface area contributed by atoms with E-state index in [1.807, 2.05) is 0 Å². The predicted molar refractivity (Wildman–Crippen MR) is 86.6 cm³/mol. The molecule has 0 bridgehead atoms. The smallest absolute Gasteiger partial charge is 0.363 e. The summed E-state index contributed by atoms with van der Waals surface area (Å²) in [5.41, 5.74) is 1.15. The Labute approximate surface area is 138 Å². The molecule has 0 saturated carbocycles. The molecule has 1 aliphatic heterocycles. The van der Waals surface area contributed by atoms with Gasteiger partial charge in [0.25, 0.3) is 0 Å². The Morgan fingerprint density at radius 2 is 1.96 bits per heavy atom. The first-order chi connectivity index (χ1) is 11.6. The Morgan fingerprint density at radius 1 is 1.12 bits per heavy atom. The van der Waals surface area contributed by atoms with E-state index < -0.39 is 11.8 Å². The zero-order valence-corrected chi connectivity index (χ0v) is 13.1. The summed E-state index contributed by atoms with van der Waals surface area (Å²) in [6.07, 6.45) is 1.55. The third-order valence-corrected chi connectivity index (χ3v) is 3.42. The lowest BCUT2D eigenvalue weighted by atomic mass is 10.1. The van der Waals surface area contributed by atoms with Gasteiger partial charge < -0.3 is 14.2 Å². The molecule has 6 heteroatoms. The van der Waals surface area contributed by atoms with Crippen LogP contribution in [0.5, 0.6) is 11.5 Å². The number of hydrogen-bond acceptors (Lipinski definition) is 5. The summed E-state index contributed by atoms with van der Waals surface area (Å²) < 4.78 is 28.8. The number of ether oxygens (including phenoxy) is 3. The fourth-order valence-corrected chi connectivity index (χ4v) is 2.24. The number of esters is 1. The molecular weight excluding hydrogens is 313 g/mol. The molecule has 0 fully saturated rings. The van der Waals surface area contributed by atoms with Crippen LogP contribution in [0.1, 0.15) is 11.1 Å². The molecule has 1 heterocycles. The van der Waals surface area contributed by atoms with Gasteiger partial charge in [-0.3, -0.25) is 0 Å². The molecule has 122 valence electrons. The Kier molecular flexibility index (Phi) is 4.29. The number of carbonyl (C=O) groups excluding carboxylic acids is 1. The van der Waals surface area contributed by atoms with Crippen LogP contribution in [0, 0.1) is 5.82 Å². The van der Waals surface area contributed by atoms with Gasteiger partial charge in [-0.2, -0.15) is 0 Å². The van der Waals surface area contributed by atoms with E-state index in [9.17, 15) is 9.18 Å². The van der Waals surface area contributed by atoms with Crippen LogP contribution in [0.3, 0.4) is 0 Å². The van der Waals surface area contributed by atoms with E-state index >= 15 is 0 Å². The van der Waals surface area contributed by atoms with E-state index in [1.165, 1.54) is 25.3 Å². The molecule has 0 unspecified atom stereocenters. The number of rotatable bonds is 4. The highest BCUT2D eigenvalue weighted by Gasteiger charge is 2.24. The van der Waals surface area contributed by atoms with E-state index in [2.05, 4.69) is 4.99 Å². The lowest BCUT2D eigenvalue weighted by Gasteiger charge is -2.07. The second-order valence-electron chi connectivity index (χ2n) is 4.95. The normalized spacial score (nSPS) is 15.2. The van der Waals surface area contributed by atoms with Crippen molar-refractivity contribution in [1.29, 1.82) is 0 Å². The summed E-state index contributed by atoms with van der Waals surface area (Å²) in [4.78, 5) is 16.2. The third-order valence-electron chi connectivity index (χ3n) is 3.42. The number of benzene rings is 2. The quantitative estimate of drug-likeness (QED) is 0.639. The SMILES string of the molecule is COc1ccc(C=C2N=C(c3cccc(F)c3)OC2=O)c(OC)c1. The molecule has 0 spiro atoms. The van der Waals surface area contributed by atoms with Crippen molar-refractivity contribution < 1.29 is 23.4 Å². The number of nitrogens with zero attached hydrogens (tertiary/aromatic N) is 1. The fourth-order valence-electron chi connectivity index (χ4n) is 2.24. The minimum atomic E-state index is -0.605. The third kappa shape index (κ3) is 3.12. The maximum atomic E-state index is 13.3. The molecule has 0 saturated heterocycles. The van der Waals surface area contributed by atoms with Crippen molar-refractivity contribution in [3.8, 4) is 11.5 Å². The second-order valence-corrected chi connectivity index (χ2v) is 4.95. The van der Waals surface area contributed by atoms with Crippen LogP contribution in [0.4, 0.5) is 4.39 Å². The van der Waals surface area contributed by atoms with Gasteiger partial charge in [-0.05, 0) is 36.4 Å². The number of aliphatic imine (C=N–C) groups is 1. The van der Waals surface area contributed by atoms with Gasteiger partial charge >= 0.3 is 5.97 Å². The van der Waals surface area contributed by atoms with Crippen LogP contribution in [0.2, 0.25) is 0 Å². The maximum Gasteiger partial charge on any atom is 0.363 e. The van der Waals surface area contributed by atoms with Gasteiger partial charge in [-0.15, -0.1) is 0 Å². The molecule has 0 N–H and O–H groups in total. The molecule has 24 heavy (non-hydrogen) atoms. The van der Waals surface area contributed by atoms with E-state index in [4.69, 9.17) is 14.2 Å². The molecule has 0 radical (unpaired) electrons. The molecule has 0 atom stereocenters. The van der Waals surface area contributed by atoms with Gasteiger partial charge in [0.1, 0.15) is 17.3 Å². The molecule has 1 aliphatic rings. The number of methoxy groups -OCH3 is 2. The number of cyclic esters (lactones) is 1. The molecule has 3 rings (SSSR count). The van der Waals surface area contributed by atoms with Gasteiger partial charge in [-0.1, -0.05) is 6.07 Å². The summed E-state index contributed by atoms with van der Waals surface area (Å²) >= 11 is 0. The van der Waals surface area contributed by atoms with Crippen molar-refractivity contribution in [3.05, 3.63) is 65.1 Å². The molecule has 0 amide bonds. The fraction of sp³-hybridized carbons (Fsp3) is 0.111. The van der Waals surface area contributed by atoms with Gasteiger partial charge in [0, 0.05) is 17.2 Å². The lowest BCUT2D eigenvalue weighted by Crippen LogP contribution is -2.05. The molecule has 0 aliphatic carbocycles. The summed E-state index contributed by atoms with van der Waals surface area (Å²) in [6, 6.07) is 10.9.